The first-order valence-corrected chi connectivity index (χ1v) is 6.78. The molecule has 0 fully saturated rings. The molecule has 25 heavy (non-hydrogen) atoms. The molecular weight excluding hydrogens is 370 g/mol. The van der Waals surface area contributed by atoms with Crippen LogP contribution in [0.25, 0.3) is 5.82 Å². The van der Waals surface area contributed by atoms with Gasteiger partial charge in [-0.1, -0.05) is 17.5 Å². The molecule has 11 heteroatoms. The van der Waals surface area contributed by atoms with E-state index in [1.165, 1.54) is 0 Å². The maximum atomic E-state index is 14.2. The third-order valence-electron chi connectivity index (χ3n) is 3.01. The number of ether oxygens (including phenoxy) is 1. The molecule has 0 radical (unpaired) electrons. The lowest BCUT2D eigenvalue weighted by Gasteiger charge is -2.14. The van der Waals surface area contributed by atoms with Gasteiger partial charge in [0.05, 0.1) is 0 Å². The highest BCUT2D eigenvalue weighted by atomic mass is 35.5. The van der Waals surface area contributed by atoms with Gasteiger partial charge in [0.15, 0.2) is 22.5 Å². The zero-order valence-electron chi connectivity index (χ0n) is 12.4. The van der Waals surface area contributed by atoms with Crippen LogP contribution in [0.1, 0.15) is 5.69 Å². The highest BCUT2D eigenvalue weighted by Crippen LogP contribution is 2.28. The van der Waals surface area contributed by atoms with E-state index in [2.05, 4.69) is 10.9 Å². The maximum absolute atomic E-state index is 14.2. The fourth-order valence-corrected chi connectivity index (χ4v) is 2.10. The first-order chi connectivity index (χ1) is 11.6. The van der Waals surface area contributed by atoms with Crippen molar-refractivity contribution in [1.82, 2.24) is 14.1 Å². The van der Waals surface area contributed by atoms with Gasteiger partial charge in [0.1, 0.15) is 12.3 Å². The summed E-state index contributed by atoms with van der Waals surface area (Å²) in [5, 5.41) is -0.430. The average Bonchev–Trinajstić information content (AvgIpc) is 2.51. The first-order valence-electron chi connectivity index (χ1n) is 6.41. The highest BCUT2D eigenvalue weighted by molar-refractivity contribution is 6.30. The standard InChI is InChI=1S/C14H8ClF4N3O3/c1-3-4-25-8-5-7(16)12(20-11(8)15)22-10(23)6-9(14(17,18)19)21(2)13(22)24/h1,5-6H,4H2,2H3. The Morgan fingerprint density at radius 3 is 2.56 bits per heavy atom. The molecule has 0 bridgehead atoms. The van der Waals surface area contributed by atoms with Gasteiger partial charge >= 0.3 is 11.9 Å². The summed E-state index contributed by atoms with van der Waals surface area (Å²) in [7, 11) is 0.783. The minimum absolute atomic E-state index is 0.126. The molecule has 2 aromatic rings. The summed E-state index contributed by atoms with van der Waals surface area (Å²) in [4.78, 5) is 27.5. The number of aromatic nitrogens is 3. The van der Waals surface area contributed by atoms with Gasteiger partial charge in [-0.3, -0.25) is 9.36 Å². The number of halogens is 5. The third-order valence-corrected chi connectivity index (χ3v) is 3.28. The van der Waals surface area contributed by atoms with Gasteiger partial charge in [-0.15, -0.1) is 6.42 Å². The van der Waals surface area contributed by atoms with E-state index < -0.39 is 39.9 Å². The summed E-state index contributed by atoms with van der Waals surface area (Å²) in [6.45, 7) is -0.248. The van der Waals surface area contributed by atoms with Gasteiger partial charge in [-0.25, -0.2) is 18.7 Å². The van der Waals surface area contributed by atoms with E-state index in [0.29, 0.717) is 6.07 Å². The van der Waals surface area contributed by atoms with Crippen LogP contribution in [0.3, 0.4) is 0 Å². The lowest BCUT2D eigenvalue weighted by Crippen LogP contribution is -2.41. The second-order valence-corrected chi connectivity index (χ2v) is 4.98. The van der Waals surface area contributed by atoms with E-state index in [4.69, 9.17) is 22.8 Å². The van der Waals surface area contributed by atoms with E-state index in [-0.39, 0.29) is 27.6 Å². The van der Waals surface area contributed by atoms with E-state index in [0.717, 1.165) is 7.05 Å². The van der Waals surface area contributed by atoms with Gasteiger partial charge in [-0.05, 0) is 0 Å². The van der Waals surface area contributed by atoms with E-state index in [9.17, 15) is 27.2 Å². The topological polar surface area (TPSA) is 66.1 Å². The molecule has 2 aromatic heterocycles. The summed E-state index contributed by atoms with van der Waals surface area (Å²) < 4.78 is 57.8. The summed E-state index contributed by atoms with van der Waals surface area (Å²) in [6, 6.07) is 0.866. The van der Waals surface area contributed by atoms with Gasteiger partial charge in [0.25, 0.3) is 5.56 Å². The molecule has 2 heterocycles. The number of alkyl halides is 3. The quantitative estimate of drug-likeness (QED) is 0.464. The maximum Gasteiger partial charge on any atom is 0.431 e. The Bertz CT molecular complexity index is 989. The second-order valence-electron chi connectivity index (χ2n) is 4.62. The van der Waals surface area contributed by atoms with Crippen LogP contribution in [0.4, 0.5) is 17.6 Å². The third kappa shape index (κ3) is 3.51. The van der Waals surface area contributed by atoms with E-state index in [1.807, 2.05) is 0 Å². The Morgan fingerprint density at radius 1 is 1.36 bits per heavy atom. The molecule has 0 aromatic carbocycles. The second kappa shape index (κ2) is 6.60. The van der Waals surface area contributed by atoms with Crippen LogP contribution in [0.2, 0.25) is 5.15 Å². The van der Waals surface area contributed by atoms with Crippen LogP contribution in [0.15, 0.2) is 21.7 Å². The summed E-state index contributed by atoms with van der Waals surface area (Å²) >= 11 is 5.76. The Balaban J connectivity index is 2.71. The van der Waals surface area contributed by atoms with Crippen molar-refractivity contribution in [1.29, 1.82) is 0 Å². The van der Waals surface area contributed by atoms with Crippen molar-refractivity contribution in [2.45, 2.75) is 6.18 Å². The number of nitrogens with zero attached hydrogens (tertiary/aromatic N) is 3. The fourth-order valence-electron chi connectivity index (χ4n) is 1.91. The first kappa shape index (κ1) is 18.5. The van der Waals surface area contributed by atoms with Crippen molar-refractivity contribution in [3.05, 3.63) is 49.6 Å². The lowest BCUT2D eigenvalue weighted by atomic mass is 10.3. The molecule has 0 saturated carbocycles. The number of hydrogen-bond donors (Lipinski definition) is 0. The van der Waals surface area contributed by atoms with E-state index >= 15 is 0 Å². The normalized spacial score (nSPS) is 11.2. The molecule has 0 aliphatic heterocycles. The monoisotopic (exact) mass is 377 g/mol. The molecule has 0 N–H and O–H groups in total. The Labute approximate surface area is 142 Å². The summed E-state index contributed by atoms with van der Waals surface area (Å²) in [5.41, 5.74) is -4.35. The van der Waals surface area contributed by atoms with Gasteiger partial charge in [-0.2, -0.15) is 13.2 Å². The highest BCUT2D eigenvalue weighted by Gasteiger charge is 2.35. The number of pyridine rings is 1. The summed E-state index contributed by atoms with van der Waals surface area (Å²) in [6.07, 6.45) is 0.0357. The smallest absolute Gasteiger partial charge is 0.431 e. The predicted molar refractivity (Wildman–Crippen MR) is 79.4 cm³/mol. The molecule has 0 saturated heterocycles. The largest absolute Gasteiger partial charge is 0.478 e. The zero-order valence-corrected chi connectivity index (χ0v) is 13.2. The molecular formula is C14H8ClF4N3O3. The lowest BCUT2D eigenvalue weighted by molar-refractivity contribution is -0.144. The Morgan fingerprint density at radius 2 is 2.00 bits per heavy atom. The van der Waals surface area contributed by atoms with Crippen LogP contribution in [-0.2, 0) is 13.2 Å². The molecule has 2 rings (SSSR count). The molecule has 0 atom stereocenters. The molecule has 6 nitrogen and oxygen atoms in total. The van der Waals surface area contributed by atoms with Crippen molar-refractivity contribution in [3.8, 4) is 23.9 Å². The molecule has 0 spiro atoms. The Kier molecular flexibility index (Phi) is 4.89. The van der Waals surface area contributed by atoms with Crippen LogP contribution in [-0.4, -0.2) is 20.7 Å². The summed E-state index contributed by atoms with van der Waals surface area (Å²) in [5.74, 6) is -0.219. The SMILES string of the molecule is C#CCOc1cc(F)c(-n2c(=O)cc(C(F)(F)F)n(C)c2=O)nc1Cl. The predicted octanol–water partition coefficient (Wildman–Crippen LogP) is 1.75. The van der Waals surface area contributed by atoms with Crippen molar-refractivity contribution in [2.24, 2.45) is 7.05 Å². The molecule has 0 unspecified atom stereocenters. The van der Waals surface area contributed by atoms with Crippen molar-refractivity contribution < 1.29 is 22.3 Å². The zero-order chi connectivity index (χ0) is 18.9. The van der Waals surface area contributed by atoms with E-state index in [1.54, 1.807) is 0 Å². The molecule has 132 valence electrons. The molecule has 0 amide bonds. The Hall–Kier alpha value is -2.80. The van der Waals surface area contributed by atoms with Crippen molar-refractivity contribution in [2.75, 3.05) is 6.61 Å². The van der Waals surface area contributed by atoms with Crippen LogP contribution >= 0.6 is 11.6 Å². The number of rotatable bonds is 3. The van der Waals surface area contributed by atoms with Gasteiger partial charge < -0.3 is 4.74 Å². The van der Waals surface area contributed by atoms with Crippen molar-refractivity contribution >= 4 is 11.6 Å². The number of hydrogen-bond acceptors (Lipinski definition) is 4. The average molecular weight is 378 g/mol. The van der Waals surface area contributed by atoms with Crippen LogP contribution in [0, 0.1) is 18.2 Å². The molecule has 0 aliphatic carbocycles. The van der Waals surface area contributed by atoms with Crippen LogP contribution < -0.4 is 16.0 Å². The number of terminal acetylenes is 1. The molecule has 0 aliphatic rings. The fraction of sp³-hybridized carbons (Fsp3) is 0.214. The minimum atomic E-state index is -4.94. The van der Waals surface area contributed by atoms with Crippen LogP contribution in [0.5, 0.6) is 5.75 Å². The van der Waals surface area contributed by atoms with Gasteiger partial charge in [0.2, 0.25) is 0 Å². The minimum Gasteiger partial charge on any atom is -0.478 e. The van der Waals surface area contributed by atoms with Crippen molar-refractivity contribution in [3.63, 3.8) is 0 Å². The van der Waals surface area contributed by atoms with Gasteiger partial charge in [0, 0.05) is 19.2 Å².